The third-order valence-electron chi connectivity index (χ3n) is 4.84. The minimum absolute atomic E-state index is 0.0385. The number of alkyl halides is 2. The molecule has 0 N–H and O–H groups in total. The molecular weight excluding hydrogens is 452 g/mol. The molecule has 0 fully saturated rings. The smallest absolute Gasteiger partial charge is 0.387 e. The molecule has 0 radical (unpaired) electrons. The highest BCUT2D eigenvalue weighted by Crippen LogP contribution is 2.36. The normalized spacial score (nSPS) is 14.8. The van der Waals surface area contributed by atoms with Crippen LogP contribution in [0, 0.1) is 6.92 Å². The average Bonchev–Trinajstić information content (AvgIpc) is 3.20. The Bertz CT molecular complexity index is 1170. The van der Waals surface area contributed by atoms with Crippen molar-refractivity contribution in [3.8, 4) is 17.2 Å². The number of Topliss-reactive ketones (excluding diaryl/α,β-unsaturated/α-hetero) is 1. The number of benzene rings is 2. The van der Waals surface area contributed by atoms with E-state index < -0.39 is 12.7 Å². The Morgan fingerprint density at radius 3 is 2.85 bits per heavy atom. The lowest BCUT2D eigenvalue weighted by Crippen LogP contribution is -2.25. The molecule has 0 saturated heterocycles. The fourth-order valence-electron chi connectivity index (χ4n) is 3.36. The van der Waals surface area contributed by atoms with Crippen molar-refractivity contribution in [2.24, 2.45) is 0 Å². The molecule has 2 aromatic carbocycles. The van der Waals surface area contributed by atoms with E-state index in [1.54, 1.807) is 23.6 Å². The van der Waals surface area contributed by atoms with Gasteiger partial charge < -0.3 is 14.2 Å². The first kappa shape index (κ1) is 22.8. The molecule has 1 atom stereocenters. The number of rotatable bonds is 9. The van der Waals surface area contributed by atoms with Crippen LogP contribution in [0.15, 0.2) is 60.3 Å². The zero-order chi connectivity index (χ0) is 23.4. The molecule has 2 heterocycles. The molecule has 172 valence electrons. The number of ether oxygens (including phenoxy) is 3. The molecule has 1 aliphatic rings. The standard InChI is InChI=1S/C23H21F2N3O4S/c1-3-10-28-21(20-12-30-18-6-4-5-7-19(18)31-20)26-27-23(28)33-13-16(29)15-11-14(2)8-9-17(15)32-22(24)25/h3-9,11,20,22H,1,10,12-13H2,2H3. The number of nitrogens with zero attached hydrogens (tertiary/aromatic N) is 3. The van der Waals surface area contributed by atoms with Crippen molar-refractivity contribution in [3.05, 3.63) is 72.1 Å². The highest BCUT2D eigenvalue weighted by molar-refractivity contribution is 7.99. The number of carbonyl (C=O) groups is 1. The topological polar surface area (TPSA) is 75.5 Å². The summed E-state index contributed by atoms with van der Waals surface area (Å²) < 4.78 is 43.6. The minimum atomic E-state index is -3.02. The van der Waals surface area contributed by atoms with Crippen LogP contribution >= 0.6 is 11.8 Å². The van der Waals surface area contributed by atoms with Crippen LogP contribution in [0.1, 0.15) is 27.8 Å². The van der Waals surface area contributed by atoms with E-state index >= 15 is 0 Å². The van der Waals surface area contributed by atoms with Gasteiger partial charge in [0.15, 0.2) is 34.4 Å². The Labute approximate surface area is 193 Å². The van der Waals surface area contributed by atoms with Crippen LogP contribution in [0.3, 0.4) is 0 Å². The largest absolute Gasteiger partial charge is 0.485 e. The first-order valence-corrected chi connectivity index (χ1v) is 11.1. The summed E-state index contributed by atoms with van der Waals surface area (Å²) in [5, 5.41) is 8.94. The Hall–Kier alpha value is -3.40. The summed E-state index contributed by atoms with van der Waals surface area (Å²) in [4.78, 5) is 12.8. The molecule has 4 rings (SSSR count). The zero-order valence-electron chi connectivity index (χ0n) is 17.7. The average molecular weight is 474 g/mol. The molecule has 1 aliphatic heterocycles. The van der Waals surface area contributed by atoms with E-state index in [9.17, 15) is 13.6 Å². The summed E-state index contributed by atoms with van der Waals surface area (Å²) in [5.41, 5.74) is 0.857. The maximum absolute atomic E-state index is 12.8. The quantitative estimate of drug-likeness (QED) is 0.250. The van der Waals surface area contributed by atoms with Crippen molar-refractivity contribution in [2.75, 3.05) is 12.4 Å². The predicted octanol–water partition coefficient (Wildman–Crippen LogP) is 4.86. The van der Waals surface area contributed by atoms with Crippen molar-refractivity contribution in [1.82, 2.24) is 14.8 Å². The summed E-state index contributed by atoms with van der Waals surface area (Å²) >= 11 is 1.15. The lowest BCUT2D eigenvalue weighted by Gasteiger charge is -2.26. The van der Waals surface area contributed by atoms with Gasteiger partial charge in [0.1, 0.15) is 12.4 Å². The fraction of sp³-hybridized carbons (Fsp3) is 0.261. The summed E-state index contributed by atoms with van der Waals surface area (Å²) in [5.74, 6) is 1.25. The van der Waals surface area contributed by atoms with Crippen molar-refractivity contribution < 1.29 is 27.8 Å². The highest BCUT2D eigenvalue weighted by Gasteiger charge is 2.28. The molecule has 33 heavy (non-hydrogen) atoms. The van der Waals surface area contributed by atoms with Crippen LogP contribution in [0.25, 0.3) is 0 Å². The Morgan fingerprint density at radius 1 is 1.30 bits per heavy atom. The molecule has 1 aromatic heterocycles. The van der Waals surface area contributed by atoms with Gasteiger partial charge in [-0.2, -0.15) is 8.78 Å². The van der Waals surface area contributed by atoms with Crippen LogP contribution in [0.5, 0.6) is 17.2 Å². The van der Waals surface area contributed by atoms with Gasteiger partial charge in [0.2, 0.25) is 0 Å². The van der Waals surface area contributed by atoms with Gasteiger partial charge in [0.25, 0.3) is 0 Å². The number of ketones is 1. The lowest BCUT2D eigenvalue weighted by molar-refractivity contribution is -0.0501. The lowest BCUT2D eigenvalue weighted by atomic mass is 10.1. The van der Waals surface area contributed by atoms with Gasteiger partial charge in [-0.25, -0.2) is 0 Å². The number of hydrogen-bond donors (Lipinski definition) is 0. The number of thioether (sulfide) groups is 1. The third-order valence-corrected chi connectivity index (χ3v) is 5.80. The maximum atomic E-state index is 12.8. The van der Waals surface area contributed by atoms with Gasteiger partial charge in [-0.05, 0) is 31.2 Å². The van der Waals surface area contributed by atoms with Crippen LogP contribution in [-0.2, 0) is 6.54 Å². The number of para-hydroxylation sites is 2. The van der Waals surface area contributed by atoms with Crippen molar-refractivity contribution in [1.29, 1.82) is 0 Å². The molecule has 0 aliphatic carbocycles. The highest BCUT2D eigenvalue weighted by atomic mass is 32.2. The minimum Gasteiger partial charge on any atom is -0.485 e. The van der Waals surface area contributed by atoms with Crippen LogP contribution in [0.4, 0.5) is 8.78 Å². The molecule has 0 saturated carbocycles. The van der Waals surface area contributed by atoms with Crippen molar-refractivity contribution in [3.63, 3.8) is 0 Å². The van der Waals surface area contributed by atoms with Crippen LogP contribution in [0.2, 0.25) is 0 Å². The van der Waals surface area contributed by atoms with Crippen LogP contribution < -0.4 is 14.2 Å². The maximum Gasteiger partial charge on any atom is 0.387 e. The summed E-state index contributed by atoms with van der Waals surface area (Å²) in [6.07, 6.45) is 1.20. The third kappa shape index (κ3) is 5.16. The fourth-order valence-corrected chi connectivity index (χ4v) is 4.20. The first-order chi connectivity index (χ1) is 16.0. The van der Waals surface area contributed by atoms with Gasteiger partial charge in [-0.15, -0.1) is 16.8 Å². The van der Waals surface area contributed by atoms with E-state index in [0.717, 1.165) is 17.3 Å². The van der Waals surface area contributed by atoms with Gasteiger partial charge in [-0.3, -0.25) is 9.36 Å². The van der Waals surface area contributed by atoms with Gasteiger partial charge >= 0.3 is 6.61 Å². The number of aryl methyl sites for hydroxylation is 1. The van der Waals surface area contributed by atoms with E-state index in [4.69, 9.17) is 9.47 Å². The van der Waals surface area contributed by atoms with E-state index in [0.29, 0.717) is 29.0 Å². The number of allylic oxidation sites excluding steroid dienone is 1. The van der Waals surface area contributed by atoms with Gasteiger partial charge in [0.05, 0.1) is 11.3 Å². The van der Waals surface area contributed by atoms with E-state index in [-0.39, 0.29) is 29.5 Å². The predicted molar refractivity (Wildman–Crippen MR) is 118 cm³/mol. The molecule has 0 bridgehead atoms. The molecule has 7 nitrogen and oxygen atoms in total. The number of carbonyl (C=O) groups excluding carboxylic acids is 1. The van der Waals surface area contributed by atoms with Crippen LogP contribution in [-0.4, -0.2) is 39.5 Å². The summed E-state index contributed by atoms with van der Waals surface area (Å²) in [6, 6.07) is 11.9. The van der Waals surface area contributed by atoms with Gasteiger partial charge in [-0.1, -0.05) is 41.6 Å². The molecule has 1 unspecified atom stereocenters. The van der Waals surface area contributed by atoms with Crippen molar-refractivity contribution in [2.45, 2.75) is 31.3 Å². The summed E-state index contributed by atoms with van der Waals surface area (Å²) in [7, 11) is 0. The number of fused-ring (bicyclic) bond motifs is 1. The number of halogens is 2. The molecule has 0 amide bonds. The van der Waals surface area contributed by atoms with E-state index in [2.05, 4.69) is 21.5 Å². The molecule has 0 spiro atoms. The second kappa shape index (κ2) is 10.0. The molecule has 10 heteroatoms. The zero-order valence-corrected chi connectivity index (χ0v) is 18.6. The monoisotopic (exact) mass is 473 g/mol. The Morgan fingerprint density at radius 2 is 2.09 bits per heavy atom. The molecular formula is C23H21F2N3O4S. The second-order valence-electron chi connectivity index (χ2n) is 7.19. The van der Waals surface area contributed by atoms with E-state index in [1.165, 1.54) is 12.1 Å². The Kier molecular flexibility index (Phi) is 6.93. The molecule has 3 aromatic rings. The first-order valence-electron chi connectivity index (χ1n) is 10.1. The summed E-state index contributed by atoms with van der Waals surface area (Å²) in [6.45, 7) is 3.18. The van der Waals surface area contributed by atoms with E-state index in [1.807, 2.05) is 24.3 Å². The SMILES string of the molecule is C=CCn1c(SCC(=O)c2cc(C)ccc2OC(F)F)nnc1C1COc2ccccc2O1. The number of hydrogen-bond acceptors (Lipinski definition) is 7. The Balaban J connectivity index is 1.52. The van der Waals surface area contributed by atoms with Gasteiger partial charge in [0, 0.05) is 6.54 Å². The number of aromatic nitrogens is 3. The van der Waals surface area contributed by atoms with Crippen molar-refractivity contribution >= 4 is 17.5 Å². The second-order valence-corrected chi connectivity index (χ2v) is 8.14.